The predicted molar refractivity (Wildman–Crippen MR) is 93.6 cm³/mol. The van der Waals surface area contributed by atoms with Gasteiger partial charge in [-0.3, -0.25) is 0 Å². The standard InChI is InChI=1S/C19H26O3S.K/c1-2-3-4-5-6-7-8-11-16-14-17-12-9-10-13-18(17)19(15-16)23(20,21)22;/h9-10,12-15H,2-8,11H2,1H3,(H,20,21,22);/q;+1/p-1. The second kappa shape index (κ2) is 11.1. The summed E-state index contributed by atoms with van der Waals surface area (Å²) in [6.07, 6.45) is 9.34. The molecule has 0 radical (unpaired) electrons. The molecular formula is C19H25KO3S. The molecule has 3 nitrogen and oxygen atoms in total. The Morgan fingerprint density at radius 3 is 2.21 bits per heavy atom. The summed E-state index contributed by atoms with van der Waals surface area (Å²) in [7, 11) is -4.45. The van der Waals surface area contributed by atoms with Gasteiger partial charge in [0, 0.05) is 0 Å². The fourth-order valence-electron chi connectivity index (χ4n) is 2.97. The molecule has 0 aliphatic heterocycles. The van der Waals surface area contributed by atoms with Crippen molar-refractivity contribution < 1.29 is 64.4 Å². The van der Waals surface area contributed by atoms with Crippen LogP contribution in [0.4, 0.5) is 0 Å². The van der Waals surface area contributed by atoms with Gasteiger partial charge in [0.05, 0.1) is 4.90 Å². The van der Waals surface area contributed by atoms with E-state index in [-0.39, 0.29) is 56.3 Å². The number of rotatable bonds is 9. The Labute approximate surface area is 188 Å². The second-order valence-corrected chi connectivity index (χ2v) is 7.49. The number of hydrogen-bond donors (Lipinski definition) is 0. The Morgan fingerprint density at radius 2 is 1.54 bits per heavy atom. The molecule has 0 aliphatic carbocycles. The van der Waals surface area contributed by atoms with Crippen LogP contribution in [-0.2, 0) is 16.5 Å². The van der Waals surface area contributed by atoms with Gasteiger partial charge in [-0.05, 0) is 35.2 Å². The van der Waals surface area contributed by atoms with Crippen molar-refractivity contribution >= 4 is 20.9 Å². The summed E-state index contributed by atoms with van der Waals surface area (Å²) in [5.74, 6) is 0. The molecule has 0 spiro atoms. The fraction of sp³-hybridized carbons (Fsp3) is 0.474. The Hall–Kier alpha value is 0.246. The minimum Gasteiger partial charge on any atom is -0.744 e. The number of hydrogen-bond acceptors (Lipinski definition) is 3. The Morgan fingerprint density at radius 1 is 0.917 bits per heavy atom. The first-order valence-electron chi connectivity index (χ1n) is 8.50. The SMILES string of the molecule is CCCCCCCCCc1cc(S(=O)(=O)[O-])c2ccccc2c1.[K+]. The van der Waals surface area contributed by atoms with Crippen LogP contribution >= 0.6 is 0 Å². The third-order valence-electron chi connectivity index (χ3n) is 4.22. The summed E-state index contributed by atoms with van der Waals surface area (Å²) in [6.45, 7) is 2.21. The van der Waals surface area contributed by atoms with Gasteiger partial charge in [-0.15, -0.1) is 0 Å². The van der Waals surface area contributed by atoms with Crippen LogP contribution in [0.2, 0.25) is 0 Å². The maximum atomic E-state index is 11.5. The molecule has 2 aromatic carbocycles. The summed E-state index contributed by atoms with van der Waals surface area (Å²) in [5, 5.41) is 1.34. The topological polar surface area (TPSA) is 57.2 Å². The molecule has 0 amide bonds. The van der Waals surface area contributed by atoms with Crippen molar-refractivity contribution in [2.45, 2.75) is 63.2 Å². The average Bonchev–Trinajstić information content (AvgIpc) is 2.52. The molecule has 126 valence electrons. The number of aryl methyl sites for hydroxylation is 1. The third-order valence-corrected chi connectivity index (χ3v) is 5.10. The van der Waals surface area contributed by atoms with Crippen LogP contribution in [0.3, 0.4) is 0 Å². The van der Waals surface area contributed by atoms with E-state index in [0.717, 1.165) is 30.2 Å². The van der Waals surface area contributed by atoms with Crippen molar-refractivity contribution in [3.05, 3.63) is 42.0 Å². The van der Waals surface area contributed by atoms with E-state index in [1.54, 1.807) is 18.2 Å². The molecular weight excluding hydrogens is 347 g/mol. The molecule has 0 bridgehead atoms. The predicted octanol–water partition coefficient (Wildman–Crippen LogP) is 2.04. The molecule has 5 heteroatoms. The van der Waals surface area contributed by atoms with E-state index in [0.29, 0.717) is 5.39 Å². The number of fused-ring (bicyclic) bond motifs is 1. The van der Waals surface area contributed by atoms with E-state index in [1.165, 1.54) is 32.1 Å². The first kappa shape index (κ1) is 22.3. The maximum absolute atomic E-state index is 11.5. The smallest absolute Gasteiger partial charge is 0.744 e. The van der Waals surface area contributed by atoms with Gasteiger partial charge in [-0.2, -0.15) is 0 Å². The van der Waals surface area contributed by atoms with Crippen molar-refractivity contribution in [3.63, 3.8) is 0 Å². The molecule has 0 atom stereocenters. The molecule has 0 aliphatic rings. The zero-order chi connectivity index (χ0) is 16.7. The summed E-state index contributed by atoms with van der Waals surface area (Å²) in [6, 6.07) is 10.7. The fourth-order valence-corrected chi connectivity index (χ4v) is 3.72. The van der Waals surface area contributed by atoms with Crippen molar-refractivity contribution in [2.24, 2.45) is 0 Å². The number of unbranched alkanes of at least 4 members (excludes halogenated alkanes) is 6. The minimum atomic E-state index is -4.45. The van der Waals surface area contributed by atoms with Crippen molar-refractivity contribution in [1.29, 1.82) is 0 Å². The molecule has 0 heterocycles. The Bertz CT molecular complexity index is 741. The van der Waals surface area contributed by atoms with E-state index >= 15 is 0 Å². The molecule has 0 N–H and O–H groups in total. The van der Waals surface area contributed by atoms with Crippen LogP contribution in [-0.4, -0.2) is 13.0 Å². The quantitative estimate of drug-likeness (QED) is 0.384. The van der Waals surface area contributed by atoms with E-state index < -0.39 is 10.1 Å². The molecule has 0 unspecified atom stereocenters. The molecule has 2 aromatic rings. The van der Waals surface area contributed by atoms with Crippen molar-refractivity contribution in [3.8, 4) is 0 Å². The van der Waals surface area contributed by atoms with Gasteiger partial charge in [0.2, 0.25) is 0 Å². The normalized spacial score (nSPS) is 11.4. The van der Waals surface area contributed by atoms with Crippen LogP contribution in [0.5, 0.6) is 0 Å². The molecule has 0 fully saturated rings. The molecule has 0 saturated heterocycles. The van der Waals surface area contributed by atoms with E-state index in [4.69, 9.17) is 0 Å². The van der Waals surface area contributed by atoms with E-state index in [1.807, 2.05) is 18.2 Å². The zero-order valence-corrected chi connectivity index (χ0v) is 18.7. The first-order valence-corrected chi connectivity index (χ1v) is 9.91. The minimum absolute atomic E-state index is 0. The van der Waals surface area contributed by atoms with Gasteiger partial charge in [0.25, 0.3) is 0 Å². The molecule has 0 saturated carbocycles. The monoisotopic (exact) mass is 372 g/mol. The van der Waals surface area contributed by atoms with Crippen LogP contribution in [0, 0.1) is 0 Å². The summed E-state index contributed by atoms with van der Waals surface area (Å²) < 4.78 is 34.6. The van der Waals surface area contributed by atoms with Gasteiger partial charge in [0.15, 0.2) is 0 Å². The van der Waals surface area contributed by atoms with E-state index in [9.17, 15) is 13.0 Å². The van der Waals surface area contributed by atoms with Gasteiger partial charge in [-0.25, -0.2) is 8.42 Å². The zero-order valence-electron chi connectivity index (χ0n) is 14.8. The van der Waals surface area contributed by atoms with Crippen LogP contribution < -0.4 is 51.4 Å². The summed E-state index contributed by atoms with van der Waals surface area (Å²) in [4.78, 5) is -0.0893. The Kier molecular flexibility index (Phi) is 10.3. The summed E-state index contributed by atoms with van der Waals surface area (Å²) >= 11 is 0. The van der Waals surface area contributed by atoms with Gasteiger partial charge in [-0.1, -0.05) is 75.8 Å². The average molecular weight is 373 g/mol. The Balaban J connectivity index is 0.00000288. The largest absolute Gasteiger partial charge is 1.00 e. The van der Waals surface area contributed by atoms with Gasteiger partial charge >= 0.3 is 51.4 Å². The van der Waals surface area contributed by atoms with Gasteiger partial charge < -0.3 is 4.55 Å². The van der Waals surface area contributed by atoms with Crippen LogP contribution in [0.25, 0.3) is 10.8 Å². The molecule has 0 aromatic heterocycles. The summed E-state index contributed by atoms with van der Waals surface area (Å²) in [5.41, 5.74) is 0.937. The van der Waals surface area contributed by atoms with Crippen LogP contribution in [0.15, 0.2) is 41.3 Å². The molecule has 2 rings (SSSR count). The maximum Gasteiger partial charge on any atom is 1.00 e. The second-order valence-electron chi connectivity index (χ2n) is 6.14. The molecule has 24 heavy (non-hydrogen) atoms. The third kappa shape index (κ3) is 6.87. The first-order chi connectivity index (χ1) is 11.0. The number of benzene rings is 2. The van der Waals surface area contributed by atoms with Crippen molar-refractivity contribution in [2.75, 3.05) is 0 Å². The van der Waals surface area contributed by atoms with Crippen molar-refractivity contribution in [1.82, 2.24) is 0 Å². The van der Waals surface area contributed by atoms with Crippen LogP contribution in [0.1, 0.15) is 57.4 Å². The van der Waals surface area contributed by atoms with Gasteiger partial charge in [0.1, 0.15) is 10.1 Å². The van der Waals surface area contributed by atoms with E-state index in [2.05, 4.69) is 6.92 Å².